The highest BCUT2D eigenvalue weighted by molar-refractivity contribution is 7.58. The molecule has 0 bridgehead atoms. The number of nitro groups is 1. The van der Waals surface area contributed by atoms with Crippen LogP contribution in [0.1, 0.15) is 51.9 Å². The molecule has 0 heterocycles. The minimum atomic E-state index is -3.49. The SMILES string of the molecule is CC(C)(C)NP(=O)(NC(=O)c1cccc([N+](=O)[O-])c1)NC(C)(C)C. The Morgan fingerprint density at radius 1 is 1.08 bits per heavy atom. The van der Waals surface area contributed by atoms with Crippen LogP contribution in [0, 0.1) is 10.1 Å². The first-order valence-corrected chi connectivity index (χ1v) is 9.17. The summed E-state index contributed by atoms with van der Waals surface area (Å²) in [7, 11) is -3.49. The number of nitrogens with one attached hydrogen (secondary N) is 3. The number of hydrogen-bond acceptors (Lipinski definition) is 4. The van der Waals surface area contributed by atoms with E-state index in [-0.39, 0.29) is 11.3 Å². The number of benzene rings is 1. The number of carbonyl (C=O) groups excluding carboxylic acids is 1. The quantitative estimate of drug-likeness (QED) is 0.424. The standard InChI is InChI=1S/C15H25N4O4P/c1-14(2,3)17-24(23,18-15(4,5)6)16-13(20)11-8-7-9-12(10-11)19(21)22/h7-10H,1-6H3,(H3,16,17,18,20,23). The van der Waals surface area contributed by atoms with E-state index in [1.807, 2.05) is 41.5 Å². The van der Waals surface area contributed by atoms with Crippen molar-refractivity contribution in [2.24, 2.45) is 0 Å². The Morgan fingerprint density at radius 2 is 1.58 bits per heavy atom. The predicted octanol–water partition coefficient (Wildman–Crippen LogP) is 3.21. The molecule has 1 aromatic rings. The molecule has 1 rings (SSSR count). The Hall–Kier alpha value is -1.76. The van der Waals surface area contributed by atoms with Crippen molar-refractivity contribution in [2.45, 2.75) is 52.6 Å². The maximum atomic E-state index is 13.2. The lowest BCUT2D eigenvalue weighted by Gasteiger charge is -2.34. The summed E-state index contributed by atoms with van der Waals surface area (Å²) in [5.74, 6) is -0.657. The summed E-state index contributed by atoms with van der Waals surface area (Å²) in [6.07, 6.45) is 0. The molecule has 9 heteroatoms. The van der Waals surface area contributed by atoms with Gasteiger partial charge in [0.15, 0.2) is 0 Å². The van der Waals surface area contributed by atoms with Gasteiger partial charge < -0.3 is 0 Å². The molecular weight excluding hydrogens is 331 g/mol. The largest absolute Gasteiger partial charge is 0.306 e. The summed E-state index contributed by atoms with van der Waals surface area (Å²) in [5.41, 5.74) is -1.19. The van der Waals surface area contributed by atoms with Crippen LogP contribution in [0.3, 0.4) is 0 Å². The van der Waals surface area contributed by atoms with Crippen molar-refractivity contribution in [3.63, 3.8) is 0 Å². The Kier molecular flexibility index (Phi) is 5.92. The Bertz CT molecular complexity index is 657. The number of amides is 1. The molecule has 0 saturated heterocycles. The van der Waals surface area contributed by atoms with Crippen LogP contribution in [0.2, 0.25) is 0 Å². The van der Waals surface area contributed by atoms with Gasteiger partial charge >= 0.3 is 7.59 Å². The van der Waals surface area contributed by atoms with Gasteiger partial charge in [0.25, 0.3) is 11.6 Å². The fraction of sp³-hybridized carbons (Fsp3) is 0.533. The Balaban J connectivity index is 3.10. The van der Waals surface area contributed by atoms with Gasteiger partial charge in [-0.25, -0.2) is 10.2 Å². The van der Waals surface area contributed by atoms with E-state index >= 15 is 0 Å². The van der Waals surface area contributed by atoms with Crippen LogP contribution >= 0.6 is 7.59 Å². The molecule has 0 aliphatic rings. The molecular formula is C15H25N4O4P. The molecule has 0 spiro atoms. The summed E-state index contributed by atoms with van der Waals surface area (Å²) >= 11 is 0. The number of hydrogen-bond donors (Lipinski definition) is 3. The number of nitrogens with zero attached hydrogens (tertiary/aromatic N) is 1. The van der Waals surface area contributed by atoms with Gasteiger partial charge in [-0.15, -0.1) is 0 Å². The third kappa shape index (κ3) is 6.78. The van der Waals surface area contributed by atoms with E-state index in [4.69, 9.17) is 0 Å². The molecule has 134 valence electrons. The van der Waals surface area contributed by atoms with Crippen LogP contribution in [0.4, 0.5) is 5.69 Å². The van der Waals surface area contributed by atoms with E-state index in [0.29, 0.717) is 0 Å². The summed E-state index contributed by atoms with van der Waals surface area (Å²) in [4.78, 5) is 22.7. The molecule has 8 nitrogen and oxygen atoms in total. The molecule has 3 N–H and O–H groups in total. The third-order valence-electron chi connectivity index (χ3n) is 2.56. The second kappa shape index (κ2) is 7.01. The average Bonchev–Trinajstić information content (AvgIpc) is 2.33. The van der Waals surface area contributed by atoms with E-state index in [1.165, 1.54) is 18.2 Å². The summed E-state index contributed by atoms with van der Waals surface area (Å²) in [6.45, 7) is 10.9. The van der Waals surface area contributed by atoms with E-state index in [2.05, 4.69) is 15.3 Å². The average molecular weight is 356 g/mol. The van der Waals surface area contributed by atoms with Crippen LogP contribution in [-0.4, -0.2) is 21.9 Å². The number of non-ortho nitro benzene ring substituents is 1. The second-order valence-corrected chi connectivity index (χ2v) is 9.47. The van der Waals surface area contributed by atoms with E-state index < -0.39 is 29.5 Å². The van der Waals surface area contributed by atoms with Crippen molar-refractivity contribution in [2.75, 3.05) is 0 Å². The molecule has 0 aromatic heterocycles. The Morgan fingerprint density at radius 3 is 2.00 bits per heavy atom. The summed E-state index contributed by atoms with van der Waals surface area (Å²) in [5, 5.41) is 19.1. The van der Waals surface area contributed by atoms with Crippen LogP contribution in [0.25, 0.3) is 0 Å². The maximum absolute atomic E-state index is 13.2. The van der Waals surface area contributed by atoms with Crippen molar-refractivity contribution >= 4 is 19.2 Å². The first kappa shape index (κ1) is 20.3. The Labute approximate surface area is 142 Å². The van der Waals surface area contributed by atoms with Crippen LogP contribution in [0.5, 0.6) is 0 Å². The topological polar surface area (TPSA) is 113 Å². The highest BCUT2D eigenvalue weighted by atomic mass is 31.2. The monoisotopic (exact) mass is 356 g/mol. The van der Waals surface area contributed by atoms with Gasteiger partial charge in [-0.05, 0) is 47.6 Å². The van der Waals surface area contributed by atoms with Gasteiger partial charge in [0.1, 0.15) is 0 Å². The molecule has 0 saturated carbocycles. The fourth-order valence-corrected chi connectivity index (χ4v) is 4.47. The summed E-state index contributed by atoms with van der Waals surface area (Å²) < 4.78 is 13.2. The van der Waals surface area contributed by atoms with E-state index in [0.717, 1.165) is 6.07 Å². The maximum Gasteiger partial charge on any atom is 0.306 e. The third-order valence-corrected chi connectivity index (χ3v) is 5.05. The lowest BCUT2D eigenvalue weighted by Crippen LogP contribution is -2.48. The lowest BCUT2D eigenvalue weighted by atomic mass is 10.1. The number of rotatable bonds is 5. The van der Waals surface area contributed by atoms with Crippen molar-refractivity contribution in [1.82, 2.24) is 15.3 Å². The molecule has 24 heavy (non-hydrogen) atoms. The second-order valence-electron chi connectivity index (χ2n) is 7.58. The highest BCUT2D eigenvalue weighted by Crippen LogP contribution is 2.37. The first-order valence-electron chi connectivity index (χ1n) is 7.47. The number of nitro benzene ring substituents is 1. The molecule has 0 fully saturated rings. The minimum absolute atomic E-state index is 0.0656. The van der Waals surface area contributed by atoms with E-state index in [9.17, 15) is 19.5 Å². The van der Waals surface area contributed by atoms with Gasteiger partial charge in [-0.1, -0.05) is 6.07 Å². The van der Waals surface area contributed by atoms with Gasteiger partial charge in [0.05, 0.1) is 4.92 Å². The van der Waals surface area contributed by atoms with Crippen LogP contribution < -0.4 is 15.3 Å². The van der Waals surface area contributed by atoms with Gasteiger partial charge in [-0.2, -0.15) is 0 Å². The van der Waals surface area contributed by atoms with Crippen molar-refractivity contribution < 1.29 is 14.3 Å². The zero-order chi connectivity index (χ0) is 18.8. The van der Waals surface area contributed by atoms with Crippen molar-refractivity contribution in [1.29, 1.82) is 0 Å². The smallest absolute Gasteiger partial charge is 0.279 e. The lowest BCUT2D eigenvalue weighted by molar-refractivity contribution is -0.384. The number of carbonyl (C=O) groups is 1. The molecule has 1 amide bonds. The molecule has 0 aliphatic heterocycles. The van der Waals surface area contributed by atoms with Crippen LogP contribution in [-0.2, 0) is 4.57 Å². The zero-order valence-corrected chi connectivity index (χ0v) is 15.7. The van der Waals surface area contributed by atoms with Gasteiger partial charge in [-0.3, -0.25) is 24.6 Å². The molecule has 1 aromatic carbocycles. The predicted molar refractivity (Wildman–Crippen MR) is 93.9 cm³/mol. The van der Waals surface area contributed by atoms with Gasteiger partial charge in [0.2, 0.25) is 0 Å². The first-order chi connectivity index (χ1) is 10.7. The van der Waals surface area contributed by atoms with Crippen LogP contribution in [0.15, 0.2) is 24.3 Å². The van der Waals surface area contributed by atoms with E-state index in [1.54, 1.807) is 0 Å². The minimum Gasteiger partial charge on any atom is -0.279 e. The normalized spacial score (nSPS) is 12.8. The van der Waals surface area contributed by atoms with Gasteiger partial charge in [0, 0.05) is 28.8 Å². The highest BCUT2D eigenvalue weighted by Gasteiger charge is 2.33. The molecule has 0 radical (unpaired) electrons. The fourth-order valence-electron chi connectivity index (χ4n) is 2.00. The van der Waals surface area contributed by atoms with Crippen molar-refractivity contribution in [3.05, 3.63) is 39.9 Å². The molecule has 0 aliphatic carbocycles. The zero-order valence-electron chi connectivity index (χ0n) is 14.8. The van der Waals surface area contributed by atoms with Crippen molar-refractivity contribution in [3.8, 4) is 0 Å². The molecule has 0 unspecified atom stereocenters. The molecule has 0 atom stereocenters. The summed E-state index contributed by atoms with van der Waals surface area (Å²) in [6, 6.07) is 5.28.